The van der Waals surface area contributed by atoms with Gasteiger partial charge in [-0.1, -0.05) is 6.42 Å². The maximum Gasteiger partial charge on any atom is 0.0558 e. The molecule has 0 bridgehead atoms. The molecule has 0 spiro atoms. The Morgan fingerprint density at radius 1 is 1.29 bits per heavy atom. The van der Waals surface area contributed by atoms with Gasteiger partial charge >= 0.3 is 0 Å². The minimum Gasteiger partial charge on any atom is -0.395 e. The summed E-state index contributed by atoms with van der Waals surface area (Å²) in [6.07, 6.45) is 4.13. The molecule has 0 aromatic heterocycles. The number of rotatable bonds is 2. The molecule has 0 aromatic rings. The monoisotopic (exact) mass is 198 g/mol. The summed E-state index contributed by atoms with van der Waals surface area (Å²) in [5.74, 6) is 0. The summed E-state index contributed by atoms with van der Waals surface area (Å²) in [4.78, 5) is 5.08. The molecule has 0 radical (unpaired) electrons. The lowest BCUT2D eigenvalue weighted by molar-refractivity contribution is 0.00812. The molecular formula is C11H22N2O. The van der Waals surface area contributed by atoms with Crippen molar-refractivity contribution in [2.24, 2.45) is 0 Å². The molecule has 2 rings (SSSR count). The van der Waals surface area contributed by atoms with Crippen LogP contribution >= 0.6 is 0 Å². The van der Waals surface area contributed by atoms with Crippen LogP contribution < -0.4 is 0 Å². The number of hydrogen-bond donors (Lipinski definition) is 1. The predicted molar refractivity (Wildman–Crippen MR) is 57.3 cm³/mol. The number of β-amino-alcohol motifs (C(OH)–C–C–N with tert-alkyl or cyclic N) is 1. The van der Waals surface area contributed by atoms with E-state index in [0.29, 0.717) is 12.6 Å². The minimum absolute atomic E-state index is 0.303. The Morgan fingerprint density at radius 2 is 2.14 bits per heavy atom. The maximum absolute atomic E-state index is 8.98. The highest BCUT2D eigenvalue weighted by molar-refractivity contribution is 4.88. The average molecular weight is 198 g/mol. The van der Waals surface area contributed by atoms with E-state index in [1.165, 1.54) is 38.9 Å². The topological polar surface area (TPSA) is 26.7 Å². The highest BCUT2D eigenvalue weighted by Crippen LogP contribution is 2.23. The highest BCUT2D eigenvalue weighted by Gasteiger charge is 2.32. The maximum atomic E-state index is 8.98. The summed E-state index contributed by atoms with van der Waals surface area (Å²) < 4.78 is 0. The molecule has 2 saturated heterocycles. The van der Waals surface area contributed by atoms with Gasteiger partial charge in [-0.05, 0) is 26.3 Å². The molecule has 3 nitrogen and oxygen atoms in total. The molecule has 0 amide bonds. The van der Waals surface area contributed by atoms with Gasteiger partial charge in [-0.2, -0.15) is 0 Å². The fraction of sp³-hybridized carbons (Fsp3) is 1.00. The van der Waals surface area contributed by atoms with Gasteiger partial charge in [-0.25, -0.2) is 0 Å². The zero-order valence-corrected chi connectivity index (χ0v) is 9.15. The number of piperidine rings is 1. The average Bonchev–Trinajstić information content (AvgIpc) is 2.19. The first-order valence-electron chi connectivity index (χ1n) is 5.90. The molecule has 1 N–H and O–H groups in total. The number of aliphatic hydroxyl groups excluding tert-OH is 1. The molecule has 0 aromatic carbocycles. The van der Waals surface area contributed by atoms with Crippen molar-refractivity contribution >= 4 is 0 Å². The van der Waals surface area contributed by atoms with Gasteiger partial charge in [0, 0.05) is 31.7 Å². The number of hydrogen-bond acceptors (Lipinski definition) is 3. The lowest BCUT2D eigenvalue weighted by atomic mass is 9.97. The summed E-state index contributed by atoms with van der Waals surface area (Å²) in [7, 11) is 0. The van der Waals surface area contributed by atoms with Crippen LogP contribution in [0, 0.1) is 0 Å². The van der Waals surface area contributed by atoms with Crippen molar-refractivity contribution in [2.75, 3.05) is 32.8 Å². The Kier molecular flexibility index (Phi) is 3.42. The van der Waals surface area contributed by atoms with E-state index >= 15 is 0 Å². The summed E-state index contributed by atoms with van der Waals surface area (Å²) in [5, 5.41) is 8.98. The van der Waals surface area contributed by atoms with Gasteiger partial charge in [0.15, 0.2) is 0 Å². The lowest BCUT2D eigenvalue weighted by Gasteiger charge is -2.47. The van der Waals surface area contributed by atoms with Gasteiger partial charge in [0.1, 0.15) is 0 Å². The Morgan fingerprint density at radius 3 is 2.93 bits per heavy atom. The van der Waals surface area contributed by atoms with Crippen molar-refractivity contribution < 1.29 is 5.11 Å². The molecule has 14 heavy (non-hydrogen) atoms. The number of aliphatic hydroxyl groups is 1. The van der Waals surface area contributed by atoms with Crippen molar-refractivity contribution in [3.05, 3.63) is 0 Å². The first kappa shape index (κ1) is 10.4. The molecule has 2 aliphatic heterocycles. The number of piperazine rings is 1. The molecule has 3 heteroatoms. The summed E-state index contributed by atoms with van der Waals surface area (Å²) >= 11 is 0. The van der Waals surface area contributed by atoms with Gasteiger partial charge in [0.2, 0.25) is 0 Å². The van der Waals surface area contributed by atoms with Crippen LogP contribution in [0.5, 0.6) is 0 Å². The van der Waals surface area contributed by atoms with Gasteiger partial charge in [-0.3, -0.25) is 9.80 Å². The van der Waals surface area contributed by atoms with Crippen LogP contribution in [0.3, 0.4) is 0 Å². The largest absolute Gasteiger partial charge is 0.395 e. The van der Waals surface area contributed by atoms with Crippen molar-refractivity contribution in [3.8, 4) is 0 Å². The molecule has 2 aliphatic rings. The predicted octanol–water partition coefficient (Wildman–Crippen LogP) is 0.537. The van der Waals surface area contributed by atoms with Crippen molar-refractivity contribution in [2.45, 2.75) is 38.3 Å². The van der Waals surface area contributed by atoms with Crippen molar-refractivity contribution in [1.82, 2.24) is 9.80 Å². The highest BCUT2D eigenvalue weighted by atomic mass is 16.3. The zero-order valence-electron chi connectivity index (χ0n) is 9.15. The van der Waals surface area contributed by atoms with Gasteiger partial charge in [0.05, 0.1) is 6.61 Å². The van der Waals surface area contributed by atoms with Crippen LogP contribution in [0.2, 0.25) is 0 Å². The summed E-state index contributed by atoms with van der Waals surface area (Å²) in [5.41, 5.74) is 0. The second-order valence-corrected chi connectivity index (χ2v) is 4.71. The first-order valence-corrected chi connectivity index (χ1v) is 5.90. The van der Waals surface area contributed by atoms with E-state index in [-0.39, 0.29) is 0 Å². The first-order chi connectivity index (χ1) is 6.81. The van der Waals surface area contributed by atoms with Crippen LogP contribution in [-0.4, -0.2) is 59.8 Å². The van der Waals surface area contributed by atoms with E-state index in [2.05, 4.69) is 16.7 Å². The van der Waals surface area contributed by atoms with Crippen molar-refractivity contribution in [1.29, 1.82) is 0 Å². The second kappa shape index (κ2) is 4.60. The van der Waals surface area contributed by atoms with Crippen LogP contribution in [0.4, 0.5) is 0 Å². The third kappa shape index (κ3) is 2.10. The van der Waals surface area contributed by atoms with E-state index in [9.17, 15) is 0 Å². The molecule has 2 heterocycles. The fourth-order valence-electron chi connectivity index (χ4n) is 2.85. The third-order valence-corrected chi connectivity index (χ3v) is 3.70. The number of nitrogens with zero attached hydrogens (tertiary/aromatic N) is 2. The normalized spacial score (nSPS) is 35.6. The van der Waals surface area contributed by atoms with E-state index in [4.69, 9.17) is 5.11 Å². The standard InChI is InChI=1S/C11H22N2O/c1-10-8-13-5-3-2-4-11(13)9-12(10)6-7-14/h10-11,14H,2-9H2,1H3. The van der Waals surface area contributed by atoms with Gasteiger partial charge < -0.3 is 5.11 Å². The Balaban J connectivity index is 1.92. The molecule has 2 fully saturated rings. The summed E-state index contributed by atoms with van der Waals surface area (Å²) in [6.45, 7) is 7.09. The van der Waals surface area contributed by atoms with E-state index in [0.717, 1.165) is 12.6 Å². The Hall–Kier alpha value is -0.120. The third-order valence-electron chi connectivity index (χ3n) is 3.70. The van der Waals surface area contributed by atoms with E-state index in [1.807, 2.05) is 0 Å². The van der Waals surface area contributed by atoms with Gasteiger partial charge in [-0.15, -0.1) is 0 Å². The molecule has 2 atom stereocenters. The van der Waals surface area contributed by atoms with Crippen LogP contribution in [-0.2, 0) is 0 Å². The van der Waals surface area contributed by atoms with Crippen LogP contribution in [0.1, 0.15) is 26.2 Å². The molecule has 82 valence electrons. The molecule has 0 aliphatic carbocycles. The lowest BCUT2D eigenvalue weighted by Crippen LogP contribution is -2.59. The SMILES string of the molecule is CC1CN2CCCCC2CN1CCO. The number of fused-ring (bicyclic) bond motifs is 1. The second-order valence-electron chi connectivity index (χ2n) is 4.71. The van der Waals surface area contributed by atoms with Crippen LogP contribution in [0.25, 0.3) is 0 Å². The Labute approximate surface area is 86.7 Å². The molecule has 2 unspecified atom stereocenters. The fourth-order valence-corrected chi connectivity index (χ4v) is 2.85. The molecule has 0 saturated carbocycles. The van der Waals surface area contributed by atoms with Gasteiger partial charge in [0.25, 0.3) is 0 Å². The smallest absolute Gasteiger partial charge is 0.0558 e. The van der Waals surface area contributed by atoms with Crippen LogP contribution in [0.15, 0.2) is 0 Å². The quantitative estimate of drug-likeness (QED) is 0.701. The van der Waals surface area contributed by atoms with E-state index < -0.39 is 0 Å². The molecular weight excluding hydrogens is 176 g/mol. The van der Waals surface area contributed by atoms with E-state index in [1.54, 1.807) is 0 Å². The Bertz CT molecular complexity index is 184. The zero-order chi connectivity index (χ0) is 9.97. The van der Waals surface area contributed by atoms with Crippen molar-refractivity contribution in [3.63, 3.8) is 0 Å². The minimum atomic E-state index is 0.303. The summed E-state index contributed by atoms with van der Waals surface area (Å²) in [6, 6.07) is 1.39.